The van der Waals surface area contributed by atoms with Gasteiger partial charge in [-0.2, -0.15) is 0 Å². The van der Waals surface area contributed by atoms with Crippen LogP contribution in [0.5, 0.6) is 5.75 Å². The van der Waals surface area contributed by atoms with Crippen molar-refractivity contribution in [2.45, 2.75) is 6.42 Å². The van der Waals surface area contributed by atoms with Gasteiger partial charge in [-0.15, -0.1) is 0 Å². The summed E-state index contributed by atoms with van der Waals surface area (Å²) in [6.07, 6.45) is 1.51. The third-order valence-electron chi connectivity index (χ3n) is 3.06. The number of aromatic nitrogens is 1. The van der Waals surface area contributed by atoms with Crippen LogP contribution in [0.4, 0.5) is 5.82 Å². The number of carboxylic acid groups (broad SMARTS) is 1. The molecule has 2 heterocycles. The van der Waals surface area contributed by atoms with E-state index in [1.165, 1.54) is 12.3 Å². The summed E-state index contributed by atoms with van der Waals surface area (Å²) in [7, 11) is 0. The van der Waals surface area contributed by atoms with E-state index >= 15 is 0 Å². The van der Waals surface area contributed by atoms with Crippen molar-refractivity contribution in [1.82, 2.24) is 9.88 Å². The molecule has 1 N–H and O–H groups in total. The fourth-order valence-electron chi connectivity index (χ4n) is 2.01. The number of carboxylic acids is 1. The minimum Gasteiger partial charge on any atom is -0.871 e. The summed E-state index contributed by atoms with van der Waals surface area (Å²) in [5.41, 5.74) is 0. The van der Waals surface area contributed by atoms with Gasteiger partial charge in [-0.05, 0) is 6.07 Å². The molecule has 98 valence electrons. The summed E-state index contributed by atoms with van der Waals surface area (Å²) in [6, 6.07) is 3.24. The minimum atomic E-state index is -0.759. The monoisotopic (exact) mass is 383 g/mol. The quantitative estimate of drug-likeness (QED) is 0.589. The summed E-state index contributed by atoms with van der Waals surface area (Å²) in [6.45, 7) is 3.87. The van der Waals surface area contributed by atoms with Crippen LogP contribution in [0.1, 0.15) is 6.42 Å². The van der Waals surface area contributed by atoms with Crippen LogP contribution in [0, 0.1) is 0 Å². The largest absolute Gasteiger partial charge is 1.00 e. The number of carbonyl (C=O) groups is 1. The number of rotatable bonds is 4. The molecule has 0 saturated carbocycles. The SMILES string of the molecule is O=C(O)CCN1CCN(c2ccc([O-])cn2)CC1.[Cs+]. The molecule has 1 aliphatic rings. The first-order valence-electron chi connectivity index (χ1n) is 5.97. The Bertz CT molecular complexity index is 405. The van der Waals surface area contributed by atoms with Crippen molar-refractivity contribution in [2.75, 3.05) is 37.6 Å². The van der Waals surface area contributed by atoms with Crippen LogP contribution in [-0.4, -0.2) is 53.7 Å². The fourth-order valence-corrected chi connectivity index (χ4v) is 2.01. The Morgan fingerprint density at radius 2 is 2.00 bits per heavy atom. The molecule has 7 heteroatoms. The minimum absolute atomic E-state index is 0. The van der Waals surface area contributed by atoms with E-state index in [0.29, 0.717) is 6.54 Å². The molecule has 0 aliphatic carbocycles. The average Bonchev–Trinajstić information content (AvgIpc) is 2.38. The van der Waals surface area contributed by atoms with Crippen LogP contribution < -0.4 is 78.9 Å². The second-order valence-electron chi connectivity index (χ2n) is 4.32. The van der Waals surface area contributed by atoms with E-state index in [-0.39, 0.29) is 81.1 Å². The van der Waals surface area contributed by atoms with Gasteiger partial charge in [0.15, 0.2) is 0 Å². The molecular weight excluding hydrogens is 367 g/mol. The fraction of sp³-hybridized carbons (Fsp3) is 0.500. The maximum atomic E-state index is 11.0. The molecule has 1 aliphatic heterocycles. The molecular formula is C12H16CsN3O3. The van der Waals surface area contributed by atoms with Crippen LogP contribution in [0.15, 0.2) is 18.3 Å². The standard InChI is InChI=1S/C12H17N3O3.Cs/c16-10-1-2-11(13-9-10)15-7-5-14(6-8-15)4-3-12(17)18;/h1-2,9,16H,3-8H2,(H,17,18);/q;+1/p-1. The molecule has 1 fully saturated rings. The Labute approximate surface area is 171 Å². The molecule has 0 unspecified atom stereocenters. The Hall–Kier alpha value is 0.232. The first-order valence-corrected chi connectivity index (χ1v) is 5.97. The van der Waals surface area contributed by atoms with E-state index < -0.39 is 5.97 Å². The normalized spacial score (nSPS) is 15.9. The topological polar surface area (TPSA) is 79.7 Å². The van der Waals surface area contributed by atoms with E-state index in [1.54, 1.807) is 6.07 Å². The van der Waals surface area contributed by atoms with Gasteiger partial charge in [-0.1, -0.05) is 11.8 Å². The molecule has 0 bridgehead atoms. The van der Waals surface area contributed by atoms with Crippen LogP contribution in [0.3, 0.4) is 0 Å². The first kappa shape index (κ1) is 17.3. The van der Waals surface area contributed by atoms with Crippen molar-refractivity contribution in [3.8, 4) is 5.75 Å². The van der Waals surface area contributed by atoms with E-state index in [2.05, 4.69) is 14.8 Å². The maximum absolute atomic E-state index is 11.0. The van der Waals surface area contributed by atoms with Crippen molar-refractivity contribution in [3.63, 3.8) is 0 Å². The van der Waals surface area contributed by atoms with Crippen LogP contribution in [0.25, 0.3) is 0 Å². The zero-order chi connectivity index (χ0) is 13.0. The Balaban J connectivity index is 0.00000180. The average molecular weight is 383 g/mol. The summed E-state index contributed by atoms with van der Waals surface area (Å²) in [4.78, 5) is 18.8. The third kappa shape index (κ3) is 5.62. The Kier molecular flexibility index (Phi) is 7.74. The van der Waals surface area contributed by atoms with E-state index in [9.17, 15) is 9.90 Å². The van der Waals surface area contributed by atoms with Crippen LogP contribution in [-0.2, 0) is 4.79 Å². The summed E-state index contributed by atoms with van der Waals surface area (Å²) >= 11 is 0. The van der Waals surface area contributed by atoms with Gasteiger partial charge >= 0.3 is 74.9 Å². The smallest absolute Gasteiger partial charge is 0.871 e. The maximum Gasteiger partial charge on any atom is 1.00 e. The van der Waals surface area contributed by atoms with Gasteiger partial charge in [0.1, 0.15) is 5.82 Å². The number of aliphatic carboxylic acids is 1. The summed E-state index contributed by atoms with van der Waals surface area (Å²) < 4.78 is 0. The molecule has 2 rings (SSSR count). The molecule has 1 aromatic heterocycles. The van der Waals surface area contributed by atoms with Crippen molar-refractivity contribution < 1.29 is 83.9 Å². The predicted molar refractivity (Wildman–Crippen MR) is 64.6 cm³/mol. The van der Waals surface area contributed by atoms with E-state index in [0.717, 1.165) is 32.0 Å². The first-order chi connectivity index (χ1) is 8.65. The number of piperazine rings is 1. The third-order valence-corrected chi connectivity index (χ3v) is 3.06. The summed E-state index contributed by atoms with van der Waals surface area (Å²) in [5.74, 6) is -0.0311. The second kappa shape index (κ2) is 8.50. The molecule has 0 amide bonds. The van der Waals surface area contributed by atoms with Gasteiger partial charge in [0.05, 0.1) is 6.42 Å². The van der Waals surface area contributed by atoms with Gasteiger partial charge in [0.25, 0.3) is 0 Å². The van der Waals surface area contributed by atoms with Gasteiger partial charge in [-0.3, -0.25) is 9.69 Å². The van der Waals surface area contributed by atoms with E-state index in [4.69, 9.17) is 5.11 Å². The van der Waals surface area contributed by atoms with Crippen molar-refractivity contribution in [3.05, 3.63) is 18.3 Å². The van der Waals surface area contributed by atoms with Crippen LogP contribution in [0.2, 0.25) is 0 Å². The number of pyridine rings is 1. The van der Waals surface area contributed by atoms with E-state index in [1.807, 2.05) is 0 Å². The van der Waals surface area contributed by atoms with Crippen molar-refractivity contribution in [2.24, 2.45) is 0 Å². The molecule has 19 heavy (non-hydrogen) atoms. The molecule has 1 saturated heterocycles. The van der Waals surface area contributed by atoms with Gasteiger partial charge < -0.3 is 15.1 Å². The molecule has 1 aromatic rings. The Morgan fingerprint density at radius 1 is 1.32 bits per heavy atom. The molecule has 0 radical (unpaired) electrons. The number of anilines is 1. The number of hydrogen-bond acceptors (Lipinski definition) is 5. The molecule has 0 spiro atoms. The van der Waals surface area contributed by atoms with Gasteiger partial charge in [-0.25, -0.2) is 4.98 Å². The predicted octanol–water partition coefficient (Wildman–Crippen LogP) is -3.24. The molecule has 0 atom stereocenters. The second-order valence-corrected chi connectivity index (χ2v) is 4.32. The van der Waals surface area contributed by atoms with Crippen molar-refractivity contribution >= 4 is 11.8 Å². The molecule has 0 aromatic carbocycles. The summed E-state index contributed by atoms with van der Waals surface area (Å²) in [5, 5.41) is 19.6. The zero-order valence-electron chi connectivity index (χ0n) is 11.1. The molecule has 6 nitrogen and oxygen atoms in total. The van der Waals surface area contributed by atoms with Crippen molar-refractivity contribution in [1.29, 1.82) is 0 Å². The van der Waals surface area contributed by atoms with Gasteiger partial charge in [0.2, 0.25) is 0 Å². The van der Waals surface area contributed by atoms with Gasteiger partial charge in [0, 0.05) is 38.9 Å². The Morgan fingerprint density at radius 3 is 2.53 bits per heavy atom. The zero-order valence-corrected chi connectivity index (χ0v) is 17.4. The van der Waals surface area contributed by atoms with Crippen LogP contribution >= 0.6 is 0 Å². The number of hydrogen-bond donors (Lipinski definition) is 1. The number of nitrogens with zero attached hydrogens (tertiary/aromatic N) is 3.